The Morgan fingerprint density at radius 2 is 1.86 bits per heavy atom. The first-order valence-electron chi connectivity index (χ1n) is 6.65. The van der Waals surface area contributed by atoms with Crippen molar-refractivity contribution in [2.75, 3.05) is 32.7 Å². The molecule has 2 rings (SSSR count). The molecule has 7 nitrogen and oxygen atoms in total. The minimum absolute atomic E-state index is 0.00376. The van der Waals surface area contributed by atoms with Gasteiger partial charge >= 0.3 is 12.0 Å². The van der Waals surface area contributed by atoms with E-state index in [9.17, 15) is 14.4 Å². The van der Waals surface area contributed by atoms with Crippen LogP contribution in [0.3, 0.4) is 0 Å². The molecule has 1 aliphatic heterocycles. The molecule has 1 aliphatic rings. The maximum absolute atomic E-state index is 12.1. The highest BCUT2D eigenvalue weighted by Crippen LogP contribution is 2.13. The zero-order valence-electron chi connectivity index (χ0n) is 11.4. The molecular formula is C13H17N3O4S. The van der Waals surface area contributed by atoms with Crippen LogP contribution in [0.15, 0.2) is 17.5 Å². The number of carbonyl (C=O) groups is 3. The van der Waals surface area contributed by atoms with Crippen molar-refractivity contribution in [2.24, 2.45) is 0 Å². The Morgan fingerprint density at radius 1 is 1.19 bits per heavy atom. The van der Waals surface area contributed by atoms with Crippen LogP contribution in [0, 0.1) is 0 Å². The monoisotopic (exact) mass is 311 g/mol. The second-order valence-electron chi connectivity index (χ2n) is 4.63. The van der Waals surface area contributed by atoms with Gasteiger partial charge in [-0.25, -0.2) is 4.79 Å². The second-order valence-corrected chi connectivity index (χ2v) is 5.58. The molecule has 21 heavy (non-hydrogen) atoms. The third-order valence-electron chi connectivity index (χ3n) is 3.20. The van der Waals surface area contributed by atoms with Crippen LogP contribution in [0.1, 0.15) is 16.1 Å². The molecule has 1 aromatic heterocycles. The summed E-state index contributed by atoms with van der Waals surface area (Å²) < 4.78 is 0. The molecule has 2 heterocycles. The minimum Gasteiger partial charge on any atom is -0.481 e. The van der Waals surface area contributed by atoms with E-state index in [-0.39, 0.29) is 24.9 Å². The second kappa shape index (κ2) is 7.07. The van der Waals surface area contributed by atoms with Crippen molar-refractivity contribution in [1.29, 1.82) is 0 Å². The van der Waals surface area contributed by atoms with Gasteiger partial charge in [0.15, 0.2) is 0 Å². The van der Waals surface area contributed by atoms with Gasteiger partial charge in [0.05, 0.1) is 11.3 Å². The van der Waals surface area contributed by atoms with E-state index in [1.807, 2.05) is 11.4 Å². The predicted molar refractivity (Wildman–Crippen MR) is 77.4 cm³/mol. The zero-order chi connectivity index (χ0) is 15.2. The third-order valence-corrected chi connectivity index (χ3v) is 4.06. The lowest BCUT2D eigenvalue weighted by Gasteiger charge is -2.34. The quantitative estimate of drug-likeness (QED) is 0.856. The molecule has 0 radical (unpaired) electrons. The highest BCUT2D eigenvalue weighted by atomic mass is 32.1. The first-order chi connectivity index (χ1) is 10.1. The Bertz CT molecular complexity index is 509. The van der Waals surface area contributed by atoms with Gasteiger partial charge in [0.1, 0.15) is 0 Å². The maximum Gasteiger partial charge on any atom is 0.317 e. The maximum atomic E-state index is 12.1. The lowest BCUT2D eigenvalue weighted by atomic mass is 10.3. The van der Waals surface area contributed by atoms with Crippen molar-refractivity contribution in [3.63, 3.8) is 0 Å². The lowest BCUT2D eigenvalue weighted by Crippen LogP contribution is -2.53. The van der Waals surface area contributed by atoms with E-state index < -0.39 is 5.97 Å². The van der Waals surface area contributed by atoms with Crippen molar-refractivity contribution >= 4 is 29.2 Å². The van der Waals surface area contributed by atoms with Crippen LogP contribution in [0.5, 0.6) is 0 Å². The molecule has 0 spiro atoms. The number of carboxylic acid groups (broad SMARTS) is 1. The van der Waals surface area contributed by atoms with E-state index in [1.54, 1.807) is 15.9 Å². The number of amides is 3. The van der Waals surface area contributed by atoms with Gasteiger partial charge < -0.3 is 20.2 Å². The molecule has 0 aromatic carbocycles. The molecule has 0 atom stereocenters. The van der Waals surface area contributed by atoms with Crippen LogP contribution in [-0.2, 0) is 4.79 Å². The smallest absolute Gasteiger partial charge is 0.317 e. The fourth-order valence-corrected chi connectivity index (χ4v) is 2.75. The predicted octanol–water partition coefficient (Wildman–Crippen LogP) is 0.690. The minimum atomic E-state index is -0.943. The van der Waals surface area contributed by atoms with E-state index in [0.29, 0.717) is 31.1 Å². The highest BCUT2D eigenvalue weighted by molar-refractivity contribution is 7.12. The largest absolute Gasteiger partial charge is 0.481 e. The third kappa shape index (κ3) is 4.19. The molecule has 114 valence electrons. The topological polar surface area (TPSA) is 89.9 Å². The molecule has 2 N–H and O–H groups in total. The fourth-order valence-electron chi connectivity index (χ4n) is 2.06. The van der Waals surface area contributed by atoms with Gasteiger partial charge in [-0.2, -0.15) is 0 Å². The van der Waals surface area contributed by atoms with Crippen molar-refractivity contribution in [2.45, 2.75) is 6.42 Å². The average Bonchev–Trinajstić information content (AvgIpc) is 3.00. The fraction of sp³-hybridized carbons (Fsp3) is 0.462. The van der Waals surface area contributed by atoms with Gasteiger partial charge in [0, 0.05) is 32.7 Å². The SMILES string of the molecule is O=C(O)CCNC(=O)N1CCN(C(=O)c2cccs2)CC1. The molecule has 0 aliphatic carbocycles. The molecule has 0 bridgehead atoms. The summed E-state index contributed by atoms with van der Waals surface area (Å²) >= 11 is 1.41. The van der Waals surface area contributed by atoms with Gasteiger partial charge in [-0.1, -0.05) is 6.07 Å². The van der Waals surface area contributed by atoms with Crippen LogP contribution in [-0.4, -0.2) is 65.5 Å². The molecule has 1 fully saturated rings. The van der Waals surface area contributed by atoms with Crippen molar-refractivity contribution in [1.82, 2.24) is 15.1 Å². The number of hydrogen-bond donors (Lipinski definition) is 2. The Balaban J connectivity index is 1.76. The molecule has 1 aromatic rings. The van der Waals surface area contributed by atoms with E-state index in [1.165, 1.54) is 11.3 Å². The summed E-state index contributed by atoms with van der Waals surface area (Å²) in [5, 5.41) is 12.9. The summed E-state index contributed by atoms with van der Waals surface area (Å²) in [6.45, 7) is 2.00. The van der Waals surface area contributed by atoms with Crippen molar-refractivity contribution in [3.05, 3.63) is 22.4 Å². The summed E-state index contributed by atoms with van der Waals surface area (Å²) in [5.74, 6) is -0.947. The zero-order valence-corrected chi connectivity index (χ0v) is 12.3. The van der Waals surface area contributed by atoms with E-state index in [0.717, 1.165) is 0 Å². The summed E-state index contributed by atoms with van der Waals surface area (Å²) in [6, 6.07) is 3.35. The van der Waals surface area contributed by atoms with Gasteiger partial charge in [-0.05, 0) is 11.4 Å². The molecule has 0 unspecified atom stereocenters. The van der Waals surface area contributed by atoms with Crippen LogP contribution < -0.4 is 5.32 Å². The lowest BCUT2D eigenvalue weighted by molar-refractivity contribution is -0.136. The Labute approximate surface area is 126 Å². The van der Waals surface area contributed by atoms with E-state index in [2.05, 4.69) is 5.32 Å². The van der Waals surface area contributed by atoms with E-state index >= 15 is 0 Å². The number of carbonyl (C=O) groups excluding carboxylic acids is 2. The highest BCUT2D eigenvalue weighted by Gasteiger charge is 2.25. The van der Waals surface area contributed by atoms with Crippen molar-refractivity contribution in [3.8, 4) is 0 Å². The summed E-state index contributed by atoms with van der Waals surface area (Å²) in [6.07, 6.45) is -0.0947. The first kappa shape index (κ1) is 15.3. The van der Waals surface area contributed by atoms with Crippen LogP contribution >= 0.6 is 11.3 Å². The van der Waals surface area contributed by atoms with Crippen LogP contribution in [0.25, 0.3) is 0 Å². The number of nitrogens with one attached hydrogen (secondary N) is 1. The van der Waals surface area contributed by atoms with Crippen LogP contribution in [0.4, 0.5) is 4.79 Å². The standard InChI is InChI=1S/C13H17N3O4S/c17-11(18)3-4-14-13(20)16-7-5-15(6-8-16)12(19)10-2-1-9-21-10/h1-2,9H,3-8H2,(H,14,20)(H,17,18). The molecule has 8 heteroatoms. The first-order valence-corrected chi connectivity index (χ1v) is 7.53. The molecule has 0 saturated carbocycles. The number of hydrogen-bond acceptors (Lipinski definition) is 4. The number of rotatable bonds is 4. The normalized spacial score (nSPS) is 14.9. The molecule has 3 amide bonds. The Morgan fingerprint density at radius 3 is 2.43 bits per heavy atom. The average molecular weight is 311 g/mol. The number of carboxylic acids is 1. The Kier molecular flexibility index (Phi) is 5.15. The Hall–Kier alpha value is -2.09. The number of urea groups is 1. The number of piperazine rings is 1. The molecular weight excluding hydrogens is 294 g/mol. The van der Waals surface area contributed by atoms with Gasteiger partial charge in [-0.15, -0.1) is 11.3 Å². The number of aliphatic carboxylic acids is 1. The van der Waals surface area contributed by atoms with Gasteiger partial charge in [-0.3, -0.25) is 9.59 Å². The van der Waals surface area contributed by atoms with Crippen molar-refractivity contribution < 1.29 is 19.5 Å². The number of nitrogens with zero attached hydrogens (tertiary/aromatic N) is 2. The number of thiophene rings is 1. The van der Waals surface area contributed by atoms with Gasteiger partial charge in [0.25, 0.3) is 5.91 Å². The van der Waals surface area contributed by atoms with Crippen LogP contribution in [0.2, 0.25) is 0 Å². The summed E-state index contributed by atoms with van der Waals surface area (Å²) in [5.41, 5.74) is 0. The summed E-state index contributed by atoms with van der Waals surface area (Å²) in [7, 11) is 0. The van der Waals surface area contributed by atoms with Gasteiger partial charge in [0.2, 0.25) is 0 Å². The van der Waals surface area contributed by atoms with E-state index in [4.69, 9.17) is 5.11 Å². The molecule has 1 saturated heterocycles. The summed E-state index contributed by atoms with van der Waals surface area (Å²) in [4.78, 5) is 38.4.